The molecule has 0 bridgehead atoms. The molecule has 3 rings (SSSR count). The number of hydrogen-bond donors (Lipinski definition) is 2. The van der Waals surface area contributed by atoms with E-state index in [1.165, 1.54) is 18.2 Å². The molecule has 1 aromatic carbocycles. The smallest absolute Gasteiger partial charge is 0.335 e. The average molecular weight is 345 g/mol. The number of nitrogens with zero attached hydrogens (tertiary/aromatic N) is 2. The lowest BCUT2D eigenvalue weighted by molar-refractivity contribution is 0.0696. The van der Waals surface area contributed by atoms with Crippen molar-refractivity contribution in [3.8, 4) is 0 Å². The van der Waals surface area contributed by atoms with Gasteiger partial charge in [0.05, 0.1) is 22.2 Å². The maximum atomic E-state index is 12.3. The number of carbonyl (C=O) groups is 1. The molecule has 0 aliphatic heterocycles. The van der Waals surface area contributed by atoms with Crippen molar-refractivity contribution in [1.29, 1.82) is 0 Å². The first-order chi connectivity index (χ1) is 11.5. The highest BCUT2D eigenvalue weighted by atomic mass is 32.2. The van der Waals surface area contributed by atoms with Crippen molar-refractivity contribution in [1.82, 2.24) is 14.1 Å². The van der Waals surface area contributed by atoms with E-state index in [1.54, 1.807) is 6.20 Å². The van der Waals surface area contributed by atoms with E-state index in [-0.39, 0.29) is 17.0 Å². The quantitative estimate of drug-likeness (QED) is 0.706. The van der Waals surface area contributed by atoms with Crippen LogP contribution in [0.3, 0.4) is 0 Å². The Bertz CT molecular complexity index is 995. The Kier molecular flexibility index (Phi) is 4.32. The minimum absolute atomic E-state index is 0.0721. The monoisotopic (exact) mass is 345 g/mol. The van der Waals surface area contributed by atoms with Gasteiger partial charge in [0.15, 0.2) is 0 Å². The summed E-state index contributed by atoms with van der Waals surface area (Å²) in [5, 5.41) is 8.95. The molecule has 0 spiro atoms. The second kappa shape index (κ2) is 6.42. The van der Waals surface area contributed by atoms with Crippen LogP contribution in [0.1, 0.15) is 16.2 Å². The van der Waals surface area contributed by atoms with Crippen LogP contribution in [0.5, 0.6) is 0 Å². The van der Waals surface area contributed by atoms with Gasteiger partial charge in [0.2, 0.25) is 10.0 Å². The summed E-state index contributed by atoms with van der Waals surface area (Å²) in [5.41, 5.74) is 0.863. The largest absolute Gasteiger partial charge is 0.478 e. The van der Waals surface area contributed by atoms with Gasteiger partial charge in [-0.25, -0.2) is 22.9 Å². The molecule has 0 radical (unpaired) electrons. The van der Waals surface area contributed by atoms with Crippen LogP contribution in [0.2, 0.25) is 0 Å². The van der Waals surface area contributed by atoms with Crippen molar-refractivity contribution >= 4 is 21.5 Å². The standard InChI is InChI=1S/C16H15N3O4S/c20-16(21)12-4-3-6-14(10-12)24(22,23)18-8-7-15-17-11-13-5-1-2-9-19(13)15/h1-6,9-11,18H,7-8H2,(H,20,21). The van der Waals surface area contributed by atoms with Gasteiger partial charge in [-0.3, -0.25) is 0 Å². The number of hydrogen-bond acceptors (Lipinski definition) is 4. The second-order valence-corrected chi connectivity index (χ2v) is 6.92. The highest BCUT2D eigenvalue weighted by molar-refractivity contribution is 7.89. The number of carboxylic acids is 1. The fourth-order valence-corrected chi connectivity index (χ4v) is 3.44. The van der Waals surface area contributed by atoms with Gasteiger partial charge >= 0.3 is 5.97 Å². The first-order valence-electron chi connectivity index (χ1n) is 7.21. The molecule has 0 unspecified atom stereocenters. The van der Waals surface area contributed by atoms with Crippen LogP contribution in [0.4, 0.5) is 0 Å². The number of carboxylic acid groups (broad SMARTS) is 1. The van der Waals surface area contributed by atoms with Gasteiger partial charge in [-0.1, -0.05) is 12.1 Å². The number of rotatable bonds is 6. The van der Waals surface area contributed by atoms with Gasteiger partial charge in [-0.2, -0.15) is 0 Å². The van der Waals surface area contributed by atoms with Crippen molar-refractivity contribution < 1.29 is 18.3 Å². The third-order valence-corrected chi connectivity index (χ3v) is 5.01. The second-order valence-electron chi connectivity index (χ2n) is 5.15. The predicted molar refractivity (Wildman–Crippen MR) is 87.5 cm³/mol. The third-order valence-electron chi connectivity index (χ3n) is 3.55. The molecule has 0 aliphatic carbocycles. The van der Waals surface area contributed by atoms with Gasteiger partial charge in [0, 0.05) is 19.2 Å². The normalized spacial score (nSPS) is 11.7. The molecule has 2 heterocycles. The molecule has 124 valence electrons. The molecule has 0 saturated carbocycles. The van der Waals surface area contributed by atoms with Crippen LogP contribution >= 0.6 is 0 Å². The summed E-state index contributed by atoms with van der Waals surface area (Å²) in [6.07, 6.45) is 4.00. The lowest BCUT2D eigenvalue weighted by Gasteiger charge is -2.07. The topological polar surface area (TPSA) is 101 Å². The Balaban J connectivity index is 1.71. The molecule has 2 aromatic heterocycles. The summed E-state index contributed by atoms with van der Waals surface area (Å²) >= 11 is 0. The molecule has 8 heteroatoms. The molecule has 0 atom stereocenters. The van der Waals surface area contributed by atoms with Crippen molar-refractivity contribution in [3.05, 3.63) is 66.2 Å². The molecule has 3 aromatic rings. The van der Waals surface area contributed by atoms with Crippen LogP contribution in [-0.4, -0.2) is 35.4 Å². The summed E-state index contributed by atoms with van der Waals surface area (Å²) in [6, 6.07) is 10.9. The fourth-order valence-electron chi connectivity index (χ4n) is 2.36. The van der Waals surface area contributed by atoms with Crippen LogP contribution in [-0.2, 0) is 16.4 Å². The molecular weight excluding hydrogens is 330 g/mol. The van der Waals surface area contributed by atoms with Gasteiger partial charge < -0.3 is 9.51 Å². The van der Waals surface area contributed by atoms with Crippen LogP contribution < -0.4 is 4.72 Å². The van der Waals surface area contributed by atoms with Gasteiger partial charge in [0.25, 0.3) is 0 Å². The first kappa shape index (κ1) is 16.2. The van der Waals surface area contributed by atoms with E-state index >= 15 is 0 Å². The van der Waals surface area contributed by atoms with Gasteiger partial charge in [0.1, 0.15) is 5.82 Å². The summed E-state index contributed by atoms with van der Waals surface area (Å²) in [6.45, 7) is 0.160. The zero-order valence-corrected chi connectivity index (χ0v) is 13.4. The Hall–Kier alpha value is -2.71. The molecule has 0 amide bonds. The number of pyridine rings is 1. The van der Waals surface area contributed by atoms with Crippen LogP contribution in [0.15, 0.2) is 59.8 Å². The molecule has 2 N–H and O–H groups in total. The number of fused-ring (bicyclic) bond motifs is 1. The molecular formula is C16H15N3O4S. The van der Waals surface area contributed by atoms with E-state index in [4.69, 9.17) is 5.11 Å². The minimum atomic E-state index is -3.77. The maximum Gasteiger partial charge on any atom is 0.335 e. The van der Waals surface area contributed by atoms with Crippen molar-refractivity contribution in [3.63, 3.8) is 0 Å². The number of aromatic carboxylic acids is 1. The maximum absolute atomic E-state index is 12.3. The van der Waals surface area contributed by atoms with E-state index in [0.29, 0.717) is 6.42 Å². The Morgan fingerprint density at radius 1 is 1.21 bits per heavy atom. The molecule has 7 nitrogen and oxygen atoms in total. The van der Waals surface area contributed by atoms with Crippen molar-refractivity contribution in [2.75, 3.05) is 6.54 Å². The third kappa shape index (κ3) is 3.29. The molecule has 0 saturated heterocycles. The highest BCUT2D eigenvalue weighted by Gasteiger charge is 2.16. The Labute approximate surface area is 138 Å². The number of aromatic nitrogens is 2. The van der Waals surface area contributed by atoms with E-state index in [1.807, 2.05) is 28.8 Å². The molecule has 0 fully saturated rings. The lowest BCUT2D eigenvalue weighted by atomic mass is 10.2. The number of benzene rings is 1. The predicted octanol–water partition coefficient (Wildman–Crippen LogP) is 1.55. The van der Waals surface area contributed by atoms with E-state index in [9.17, 15) is 13.2 Å². The zero-order chi connectivity index (χ0) is 17.2. The fraction of sp³-hybridized carbons (Fsp3) is 0.125. The summed E-state index contributed by atoms with van der Waals surface area (Å²) < 4.78 is 28.9. The SMILES string of the molecule is O=C(O)c1cccc(S(=O)(=O)NCCc2ncc3ccccn23)c1. The average Bonchev–Trinajstić information content (AvgIpc) is 2.98. The van der Waals surface area contributed by atoms with Crippen molar-refractivity contribution in [2.24, 2.45) is 0 Å². The summed E-state index contributed by atoms with van der Waals surface area (Å²) in [4.78, 5) is 15.1. The van der Waals surface area contributed by atoms with E-state index in [2.05, 4.69) is 9.71 Å². The van der Waals surface area contributed by atoms with Gasteiger partial charge in [-0.05, 0) is 30.3 Å². The molecule has 0 aliphatic rings. The Morgan fingerprint density at radius 2 is 2.04 bits per heavy atom. The highest BCUT2D eigenvalue weighted by Crippen LogP contribution is 2.12. The summed E-state index contributed by atoms with van der Waals surface area (Å²) in [5.74, 6) is -0.427. The van der Waals surface area contributed by atoms with E-state index < -0.39 is 16.0 Å². The molecule has 24 heavy (non-hydrogen) atoms. The zero-order valence-electron chi connectivity index (χ0n) is 12.6. The Morgan fingerprint density at radius 3 is 2.83 bits per heavy atom. The number of nitrogens with one attached hydrogen (secondary N) is 1. The first-order valence-corrected chi connectivity index (χ1v) is 8.70. The lowest BCUT2D eigenvalue weighted by Crippen LogP contribution is -2.26. The van der Waals surface area contributed by atoms with Gasteiger partial charge in [-0.15, -0.1) is 0 Å². The number of imidazole rings is 1. The van der Waals surface area contributed by atoms with Crippen LogP contribution in [0, 0.1) is 0 Å². The minimum Gasteiger partial charge on any atom is -0.478 e. The van der Waals surface area contributed by atoms with Crippen molar-refractivity contribution in [2.45, 2.75) is 11.3 Å². The van der Waals surface area contributed by atoms with E-state index in [0.717, 1.165) is 17.4 Å². The summed E-state index contributed by atoms with van der Waals surface area (Å²) in [7, 11) is -3.77. The van der Waals surface area contributed by atoms with Crippen LogP contribution in [0.25, 0.3) is 5.52 Å². The number of sulfonamides is 1.